The molecule has 15 atom stereocenters. The third-order valence-electron chi connectivity index (χ3n) is 20.7. The third kappa shape index (κ3) is 14.6. The molecule has 458 valence electrons. The number of para-hydroxylation sites is 1. The fourth-order valence-electron chi connectivity index (χ4n) is 16.0. The van der Waals surface area contributed by atoms with E-state index in [1.165, 1.54) is 50.7 Å². The van der Waals surface area contributed by atoms with Crippen LogP contribution in [0.5, 0.6) is 0 Å². The maximum absolute atomic E-state index is 14.5. The number of carbonyl (C=O) groups excluding carboxylic acids is 3. The normalized spacial score (nSPS) is 28.0. The number of amides is 1. The molecule has 1 aliphatic heterocycles. The number of aliphatic hydroxyl groups excluding tert-OH is 4. The molecular formula is C67H89FN2NaO13P. The van der Waals surface area contributed by atoms with Crippen LogP contribution < -0.4 is 39.8 Å². The van der Waals surface area contributed by atoms with E-state index < -0.39 is 80.6 Å². The van der Waals surface area contributed by atoms with Gasteiger partial charge in [0.05, 0.1) is 42.6 Å². The van der Waals surface area contributed by atoms with Gasteiger partial charge < -0.3 is 53.7 Å². The number of rotatable bonds is 24. The number of carbonyl (C=O) groups is 3. The fraction of sp³-hybridized carbons (Fsp3) is 0.597. The molecule has 9 rings (SSSR count). The summed E-state index contributed by atoms with van der Waals surface area (Å²) in [7, 11) is -5.37. The van der Waals surface area contributed by atoms with E-state index in [0.29, 0.717) is 81.6 Å². The molecule has 18 heteroatoms. The van der Waals surface area contributed by atoms with Gasteiger partial charge in [-0.15, -0.1) is 0 Å². The van der Waals surface area contributed by atoms with Crippen molar-refractivity contribution >= 4 is 31.4 Å². The molecule has 3 aromatic carbocycles. The average molecular weight is 1200 g/mol. The van der Waals surface area contributed by atoms with Crippen LogP contribution >= 0.6 is 7.82 Å². The third-order valence-corrected chi connectivity index (χ3v) is 21.6. The SMILES string of the molecule is CC(C)c1c(C(=O)Nc2ccccc2)c(-c2ccccc2)c(-c2ccc(F)cc2)n1CC[C@@H](O)C[C@@H](O)CC(=O)OC1=C(OP(=O)([O-])OC2CC[C@@]3(C)[C@@H](CC[C@@H]4[C@@H]3CC[C@]3(C)C([C@H](C)CC[C@@H](C)C(C)C)CC[C@@H]43)C2)C(=O)OC1C(O)CO.[Na+]. The first-order valence-electron chi connectivity index (χ1n) is 30.9. The monoisotopic (exact) mass is 1200 g/mol. The van der Waals surface area contributed by atoms with Crippen molar-refractivity contribution in [1.29, 1.82) is 0 Å². The molecule has 4 fully saturated rings. The van der Waals surface area contributed by atoms with Crippen molar-refractivity contribution in [2.24, 2.45) is 58.2 Å². The topological polar surface area (TPSA) is 226 Å². The average Bonchev–Trinajstić information content (AvgIpc) is 1.84. The van der Waals surface area contributed by atoms with Crippen LogP contribution in [0.15, 0.2) is 96.4 Å². The molecular weight excluding hydrogens is 1110 g/mol. The van der Waals surface area contributed by atoms with Crippen LogP contribution in [0.25, 0.3) is 22.4 Å². The smallest absolute Gasteiger partial charge is 0.746 e. The van der Waals surface area contributed by atoms with E-state index >= 15 is 0 Å². The van der Waals surface area contributed by atoms with E-state index in [4.69, 9.17) is 18.5 Å². The minimum atomic E-state index is -5.37. The van der Waals surface area contributed by atoms with Crippen LogP contribution in [-0.4, -0.2) is 80.0 Å². The zero-order chi connectivity index (χ0) is 60.4. The van der Waals surface area contributed by atoms with Crippen molar-refractivity contribution < 1.29 is 96.7 Å². The van der Waals surface area contributed by atoms with Crippen molar-refractivity contribution in [2.75, 3.05) is 11.9 Å². The summed E-state index contributed by atoms with van der Waals surface area (Å²) in [5, 5.41) is 46.4. The number of nitrogens with zero attached hydrogens (tertiary/aromatic N) is 1. The number of ether oxygens (including phenoxy) is 2. The molecule has 1 amide bonds. The van der Waals surface area contributed by atoms with Gasteiger partial charge in [0.15, 0.2) is 6.10 Å². The summed E-state index contributed by atoms with van der Waals surface area (Å²) >= 11 is 0. The largest absolute Gasteiger partial charge is 1.00 e. The molecule has 0 spiro atoms. The van der Waals surface area contributed by atoms with E-state index in [-0.39, 0.29) is 72.1 Å². The number of aliphatic hydroxyl groups is 4. The Hall–Kier alpha value is -4.19. The molecule has 4 aromatic rings. The van der Waals surface area contributed by atoms with Gasteiger partial charge in [-0.3, -0.25) is 14.2 Å². The van der Waals surface area contributed by atoms with Gasteiger partial charge >= 0.3 is 49.3 Å². The molecule has 5 aliphatic rings. The van der Waals surface area contributed by atoms with Crippen LogP contribution in [0.3, 0.4) is 0 Å². The second-order valence-electron chi connectivity index (χ2n) is 26.5. The summed E-state index contributed by atoms with van der Waals surface area (Å²) in [6.45, 7) is 17.5. The van der Waals surface area contributed by atoms with Crippen molar-refractivity contribution in [1.82, 2.24) is 4.57 Å². The van der Waals surface area contributed by atoms with Crippen molar-refractivity contribution in [2.45, 2.75) is 188 Å². The minimum absolute atomic E-state index is 0. The molecule has 2 heterocycles. The Kier molecular flexibility index (Phi) is 22.1. The number of aromatic nitrogens is 1. The van der Waals surface area contributed by atoms with Gasteiger partial charge in [-0.1, -0.05) is 117 Å². The molecule has 5 unspecified atom stereocenters. The van der Waals surface area contributed by atoms with Gasteiger partial charge in [-0.05, 0) is 182 Å². The number of benzene rings is 3. The predicted molar refractivity (Wildman–Crippen MR) is 317 cm³/mol. The quantitative estimate of drug-likeness (QED) is 0.0251. The molecule has 4 aliphatic carbocycles. The Bertz CT molecular complexity index is 3030. The summed E-state index contributed by atoms with van der Waals surface area (Å²) in [4.78, 5) is 55.3. The van der Waals surface area contributed by atoms with Crippen LogP contribution in [0.4, 0.5) is 10.1 Å². The molecule has 4 saturated carbocycles. The first-order valence-corrected chi connectivity index (χ1v) is 32.3. The molecule has 0 radical (unpaired) electrons. The van der Waals surface area contributed by atoms with E-state index in [1.807, 2.05) is 66.9 Å². The van der Waals surface area contributed by atoms with E-state index in [2.05, 4.69) is 46.9 Å². The Morgan fingerprint density at radius 3 is 2.14 bits per heavy atom. The fourth-order valence-corrected chi connectivity index (χ4v) is 17.0. The molecule has 85 heavy (non-hydrogen) atoms. The van der Waals surface area contributed by atoms with Crippen LogP contribution in [0.1, 0.15) is 167 Å². The van der Waals surface area contributed by atoms with Crippen molar-refractivity contribution in [3.63, 3.8) is 0 Å². The molecule has 0 saturated heterocycles. The van der Waals surface area contributed by atoms with Gasteiger partial charge in [0, 0.05) is 23.5 Å². The number of anilines is 1. The second kappa shape index (κ2) is 28.1. The zero-order valence-corrected chi connectivity index (χ0v) is 54.1. The molecule has 1 aromatic heterocycles. The summed E-state index contributed by atoms with van der Waals surface area (Å²) < 4.78 is 52.0. The number of fused-ring (bicyclic) bond motifs is 5. The first-order chi connectivity index (χ1) is 39.9. The van der Waals surface area contributed by atoms with Crippen molar-refractivity contribution in [3.05, 3.63) is 114 Å². The van der Waals surface area contributed by atoms with E-state index in [9.17, 15) is 48.7 Å². The Labute approximate surface area is 523 Å². The Morgan fingerprint density at radius 1 is 0.824 bits per heavy atom. The molecule has 15 nitrogen and oxygen atoms in total. The number of cyclic esters (lactones) is 1. The maximum atomic E-state index is 14.5. The number of esters is 2. The number of hydrogen-bond acceptors (Lipinski definition) is 13. The van der Waals surface area contributed by atoms with Gasteiger partial charge in [0.25, 0.3) is 11.7 Å². The number of halogens is 1. The minimum Gasteiger partial charge on any atom is -0.746 e. The van der Waals surface area contributed by atoms with Gasteiger partial charge in [-0.2, -0.15) is 0 Å². The first kappa shape index (κ1) is 66.8. The number of nitrogens with one attached hydrogen (secondary N) is 1. The summed E-state index contributed by atoms with van der Waals surface area (Å²) in [5.74, 6) is -0.537. The van der Waals surface area contributed by atoms with Crippen molar-refractivity contribution in [3.8, 4) is 22.4 Å². The Morgan fingerprint density at radius 2 is 1.48 bits per heavy atom. The standard InChI is InChI=1S/C67H90FN2O13P.Na/c1-39(2)41(5)19-20-42(6)52-27-28-53-51-26-23-45-35-50(29-32-66(45,7)54(51)30-33-67(52,53)8)82-84(78,79)83-63-62(61(55(74)38-71)81-65(63)77)80-56(75)37-49(73)36-48(72)31-34-70-59(40(3)4)58(64(76)69-47-17-13-10-14-18-47)57(43-15-11-9-12-16-43)60(70)44-21-24-46(68)25-22-44;/h9-18,21-22,24-25,39-42,45,48-55,61,71-74H,19-20,23,26-38H2,1-8H3,(H,69,76)(H,78,79);/q;+1/p-1/t41-,42-,45+,48-,49-,50?,51+,52?,53+,54+,55?,61?,66+,67-;/m1./s1. The number of hydrogen-bond donors (Lipinski definition) is 5. The number of phosphoric ester groups is 1. The van der Waals surface area contributed by atoms with Crippen LogP contribution in [0, 0.1) is 64.0 Å². The van der Waals surface area contributed by atoms with Gasteiger partial charge in [-0.25, -0.2) is 9.18 Å². The van der Waals surface area contributed by atoms with Gasteiger partial charge in [0.1, 0.15) is 11.9 Å². The predicted octanol–water partition coefficient (Wildman–Crippen LogP) is 9.50. The molecule has 0 bridgehead atoms. The zero-order valence-electron chi connectivity index (χ0n) is 51.2. The summed E-state index contributed by atoms with van der Waals surface area (Å²) in [5.41, 5.74) is 4.52. The van der Waals surface area contributed by atoms with Crippen LogP contribution in [0.2, 0.25) is 0 Å². The van der Waals surface area contributed by atoms with E-state index in [0.717, 1.165) is 36.7 Å². The van der Waals surface area contributed by atoms with E-state index in [1.54, 1.807) is 24.3 Å². The summed E-state index contributed by atoms with van der Waals surface area (Å²) in [6, 6.07) is 24.3. The van der Waals surface area contributed by atoms with Crippen LogP contribution in [-0.2, 0) is 39.2 Å². The molecule has 5 N–H and O–H groups in total. The summed E-state index contributed by atoms with van der Waals surface area (Å²) in [6.07, 6.45) is 3.02. The van der Waals surface area contributed by atoms with Gasteiger partial charge in [0.2, 0.25) is 5.76 Å². The Balaban J connectivity index is 0.00000940. The second-order valence-corrected chi connectivity index (χ2v) is 27.8. The number of phosphoric acid groups is 1. The maximum Gasteiger partial charge on any atom is 1.00 e.